The number of ether oxygens (including phenoxy) is 1. The van der Waals surface area contributed by atoms with Crippen LogP contribution in [0, 0.1) is 5.92 Å². The molecule has 3 N–H and O–H groups in total. The van der Waals surface area contributed by atoms with E-state index < -0.39 is 24.0 Å². The van der Waals surface area contributed by atoms with Crippen LogP contribution in [-0.2, 0) is 14.3 Å². The second kappa shape index (κ2) is 7.82. The number of urea groups is 1. The molecule has 1 aliphatic rings. The van der Waals surface area contributed by atoms with Crippen LogP contribution in [0.1, 0.15) is 43.5 Å². The number of benzene rings is 1. The monoisotopic (exact) mass is 375 g/mol. The van der Waals surface area contributed by atoms with Gasteiger partial charge in [0.2, 0.25) is 0 Å². The predicted molar refractivity (Wildman–Crippen MR) is 97.6 cm³/mol. The van der Waals surface area contributed by atoms with Gasteiger partial charge in [0, 0.05) is 5.92 Å². The van der Waals surface area contributed by atoms with Crippen molar-refractivity contribution in [2.75, 3.05) is 0 Å². The normalized spacial score (nSPS) is 21.1. The van der Waals surface area contributed by atoms with Crippen molar-refractivity contribution in [1.82, 2.24) is 10.3 Å². The van der Waals surface area contributed by atoms with Gasteiger partial charge in [0.25, 0.3) is 5.91 Å². The number of imide groups is 1. The van der Waals surface area contributed by atoms with Crippen LogP contribution in [0.3, 0.4) is 0 Å². The van der Waals surface area contributed by atoms with Gasteiger partial charge in [-0.1, -0.05) is 25.0 Å². The largest absolute Gasteiger partial charge is 0.452 e. The fourth-order valence-corrected chi connectivity index (χ4v) is 4.46. The maximum Gasteiger partial charge on any atom is 0.318 e. The van der Waals surface area contributed by atoms with E-state index in [1.807, 2.05) is 29.6 Å². The molecule has 3 atom stereocenters. The fourth-order valence-electron chi connectivity index (χ4n) is 3.30. The van der Waals surface area contributed by atoms with Crippen LogP contribution in [0.25, 0.3) is 10.2 Å². The number of carbonyl (C=O) groups excluding carboxylic acids is 3. The number of primary amides is 1. The minimum atomic E-state index is -1.08. The molecule has 1 aliphatic carbocycles. The van der Waals surface area contributed by atoms with Crippen LogP contribution in [0.15, 0.2) is 24.3 Å². The smallest absolute Gasteiger partial charge is 0.318 e. The van der Waals surface area contributed by atoms with Crippen LogP contribution in [-0.4, -0.2) is 29.0 Å². The van der Waals surface area contributed by atoms with Crippen molar-refractivity contribution in [3.63, 3.8) is 0 Å². The van der Waals surface area contributed by atoms with E-state index in [1.54, 1.807) is 11.3 Å². The molecule has 0 bridgehead atoms. The third kappa shape index (κ3) is 4.01. The van der Waals surface area contributed by atoms with Gasteiger partial charge in [-0.3, -0.25) is 14.9 Å². The van der Waals surface area contributed by atoms with Gasteiger partial charge in [0.15, 0.2) is 6.10 Å². The van der Waals surface area contributed by atoms with E-state index in [1.165, 1.54) is 6.92 Å². The van der Waals surface area contributed by atoms with E-state index in [2.05, 4.69) is 0 Å². The number of thiazole rings is 1. The van der Waals surface area contributed by atoms with E-state index in [-0.39, 0.29) is 11.8 Å². The number of aromatic nitrogens is 1. The molecule has 8 heteroatoms. The quantitative estimate of drug-likeness (QED) is 0.798. The first-order valence-electron chi connectivity index (χ1n) is 8.62. The molecule has 0 spiro atoms. The van der Waals surface area contributed by atoms with Crippen LogP contribution >= 0.6 is 11.3 Å². The average Bonchev–Trinajstić information content (AvgIpc) is 3.05. The van der Waals surface area contributed by atoms with Crippen molar-refractivity contribution in [2.24, 2.45) is 11.7 Å². The molecule has 7 nitrogen and oxygen atoms in total. The van der Waals surface area contributed by atoms with E-state index in [4.69, 9.17) is 15.5 Å². The summed E-state index contributed by atoms with van der Waals surface area (Å²) < 4.78 is 6.39. The molecule has 1 saturated carbocycles. The number of carbonyl (C=O) groups is 3. The summed E-state index contributed by atoms with van der Waals surface area (Å²) in [6, 6.07) is 6.92. The maximum absolute atomic E-state index is 12.7. The highest BCUT2D eigenvalue weighted by atomic mass is 32.1. The van der Waals surface area contributed by atoms with Gasteiger partial charge in [-0.15, -0.1) is 11.3 Å². The molecule has 138 valence electrons. The molecule has 3 amide bonds. The molecule has 0 unspecified atom stereocenters. The van der Waals surface area contributed by atoms with Gasteiger partial charge in [-0.25, -0.2) is 9.78 Å². The first-order valence-corrected chi connectivity index (χ1v) is 9.43. The number of nitrogens with zero attached hydrogens (tertiary/aromatic N) is 1. The Hall–Kier alpha value is -2.48. The second-order valence-corrected chi connectivity index (χ2v) is 7.51. The summed E-state index contributed by atoms with van der Waals surface area (Å²) in [4.78, 5) is 39.9. The molecular weight excluding hydrogens is 354 g/mol. The van der Waals surface area contributed by atoms with Crippen molar-refractivity contribution in [3.05, 3.63) is 29.3 Å². The number of amides is 3. The Balaban J connectivity index is 1.74. The highest BCUT2D eigenvalue weighted by molar-refractivity contribution is 7.18. The Bertz CT molecular complexity index is 802. The van der Waals surface area contributed by atoms with Crippen LogP contribution in [0.5, 0.6) is 0 Å². The van der Waals surface area contributed by atoms with Crippen LogP contribution < -0.4 is 11.1 Å². The first-order chi connectivity index (χ1) is 12.5. The number of rotatable bonds is 4. The van der Waals surface area contributed by atoms with Crippen molar-refractivity contribution < 1.29 is 19.1 Å². The Morgan fingerprint density at radius 1 is 1.27 bits per heavy atom. The van der Waals surface area contributed by atoms with Crippen molar-refractivity contribution in [3.8, 4) is 0 Å². The molecule has 0 saturated heterocycles. The van der Waals surface area contributed by atoms with Gasteiger partial charge in [-0.2, -0.15) is 0 Å². The van der Waals surface area contributed by atoms with E-state index in [0.29, 0.717) is 6.42 Å². The van der Waals surface area contributed by atoms with Gasteiger partial charge in [0.05, 0.1) is 21.1 Å². The summed E-state index contributed by atoms with van der Waals surface area (Å²) in [5.41, 5.74) is 5.85. The fraction of sp³-hybridized carbons (Fsp3) is 0.444. The molecular formula is C18H21N3O4S. The van der Waals surface area contributed by atoms with E-state index in [0.717, 1.165) is 34.5 Å². The zero-order valence-corrected chi connectivity index (χ0v) is 15.3. The molecule has 2 aromatic rings. The Morgan fingerprint density at radius 3 is 2.73 bits per heavy atom. The maximum atomic E-state index is 12.7. The molecule has 1 heterocycles. The number of hydrogen-bond donors (Lipinski definition) is 2. The molecule has 1 aromatic heterocycles. The van der Waals surface area contributed by atoms with Crippen molar-refractivity contribution >= 4 is 39.5 Å². The molecule has 1 fully saturated rings. The lowest BCUT2D eigenvalue weighted by atomic mass is 9.79. The summed E-state index contributed by atoms with van der Waals surface area (Å²) in [5.74, 6) is -1.51. The molecule has 0 aliphatic heterocycles. The average molecular weight is 375 g/mol. The van der Waals surface area contributed by atoms with Gasteiger partial charge >= 0.3 is 12.0 Å². The minimum absolute atomic E-state index is 0.0138. The zero-order chi connectivity index (χ0) is 18.7. The lowest BCUT2D eigenvalue weighted by Gasteiger charge is -2.29. The lowest BCUT2D eigenvalue weighted by molar-refractivity contribution is -0.160. The predicted octanol–water partition coefficient (Wildman–Crippen LogP) is 2.70. The molecule has 0 radical (unpaired) electrons. The Morgan fingerprint density at radius 2 is 2.00 bits per heavy atom. The second-order valence-electron chi connectivity index (χ2n) is 6.45. The lowest BCUT2D eigenvalue weighted by Crippen LogP contribution is -2.43. The number of fused-ring (bicyclic) bond motifs is 1. The van der Waals surface area contributed by atoms with E-state index in [9.17, 15) is 14.4 Å². The Kier molecular flexibility index (Phi) is 5.51. The number of nitrogens with one attached hydrogen (secondary N) is 1. The number of para-hydroxylation sites is 1. The Labute approximate surface area is 154 Å². The van der Waals surface area contributed by atoms with Gasteiger partial charge < -0.3 is 10.5 Å². The summed E-state index contributed by atoms with van der Waals surface area (Å²) in [6.07, 6.45) is 2.45. The van der Waals surface area contributed by atoms with Crippen LogP contribution in [0.2, 0.25) is 0 Å². The summed E-state index contributed by atoms with van der Waals surface area (Å²) in [6.45, 7) is 1.42. The molecule has 26 heavy (non-hydrogen) atoms. The number of nitrogens with two attached hydrogens (primary N) is 1. The first kappa shape index (κ1) is 18.3. The summed E-state index contributed by atoms with van der Waals surface area (Å²) >= 11 is 1.60. The minimum Gasteiger partial charge on any atom is -0.452 e. The number of hydrogen-bond acceptors (Lipinski definition) is 6. The zero-order valence-electron chi connectivity index (χ0n) is 14.4. The number of esters is 1. The SMILES string of the molecule is C[C@@H](OC(=O)[C@@H]1CCCC[C@@H]1c1nc2ccccc2s1)C(=O)NC(N)=O. The standard InChI is InChI=1S/C18H21N3O4S/c1-10(15(22)21-18(19)24)25-17(23)12-7-3-2-6-11(12)16-20-13-8-4-5-9-14(13)26-16/h4-5,8-12H,2-3,6-7H2,1H3,(H3,19,21,22,24)/t10-,11+,12-/m1/s1. The van der Waals surface area contributed by atoms with Crippen molar-refractivity contribution in [2.45, 2.75) is 44.6 Å². The summed E-state index contributed by atoms with van der Waals surface area (Å²) in [5, 5.41) is 2.86. The third-order valence-electron chi connectivity index (χ3n) is 4.60. The van der Waals surface area contributed by atoms with Crippen LogP contribution in [0.4, 0.5) is 4.79 Å². The van der Waals surface area contributed by atoms with E-state index >= 15 is 0 Å². The van der Waals surface area contributed by atoms with Gasteiger partial charge in [0.1, 0.15) is 0 Å². The third-order valence-corrected chi connectivity index (χ3v) is 5.77. The molecule has 3 rings (SSSR count). The van der Waals surface area contributed by atoms with Gasteiger partial charge in [-0.05, 0) is 31.9 Å². The highest BCUT2D eigenvalue weighted by Crippen LogP contribution is 2.41. The topological polar surface area (TPSA) is 111 Å². The van der Waals surface area contributed by atoms with Crippen molar-refractivity contribution in [1.29, 1.82) is 0 Å². The summed E-state index contributed by atoms with van der Waals surface area (Å²) in [7, 11) is 0. The highest BCUT2D eigenvalue weighted by Gasteiger charge is 2.36. The molecule has 1 aromatic carbocycles.